The Morgan fingerprint density at radius 1 is 1.67 bits per heavy atom. The van der Waals surface area contributed by atoms with Crippen LogP contribution in [0, 0.1) is 0 Å². The van der Waals surface area contributed by atoms with E-state index >= 15 is 0 Å². The number of aliphatic imine (C=N–C) groups is 1. The standard InChI is InChI=1S/C8H14N2O2/c1-6(7(11)9-4)5-10-8(2,3)12/h5,12H,1H2,2-4H3,(H,9,11). The van der Waals surface area contributed by atoms with Crippen molar-refractivity contribution in [3.63, 3.8) is 0 Å². The molecular formula is C8H14N2O2. The van der Waals surface area contributed by atoms with Crippen molar-refractivity contribution in [2.24, 2.45) is 4.99 Å². The van der Waals surface area contributed by atoms with Crippen molar-refractivity contribution >= 4 is 12.1 Å². The Morgan fingerprint density at radius 2 is 2.17 bits per heavy atom. The summed E-state index contributed by atoms with van der Waals surface area (Å²) in [7, 11) is 1.51. The van der Waals surface area contributed by atoms with Crippen molar-refractivity contribution in [2.45, 2.75) is 19.6 Å². The highest BCUT2D eigenvalue weighted by atomic mass is 16.3. The number of rotatable bonds is 3. The normalized spacial score (nSPS) is 11.7. The molecule has 0 aliphatic rings. The zero-order valence-corrected chi connectivity index (χ0v) is 7.59. The first-order chi connectivity index (χ1) is 5.37. The van der Waals surface area contributed by atoms with Crippen molar-refractivity contribution in [1.82, 2.24) is 5.32 Å². The summed E-state index contributed by atoms with van der Waals surface area (Å²) < 4.78 is 0. The second kappa shape index (κ2) is 4.01. The Hall–Kier alpha value is -1.16. The lowest BCUT2D eigenvalue weighted by Gasteiger charge is -2.09. The van der Waals surface area contributed by atoms with E-state index in [0.29, 0.717) is 0 Å². The van der Waals surface area contributed by atoms with Crippen LogP contribution in [-0.2, 0) is 4.79 Å². The van der Waals surface area contributed by atoms with Gasteiger partial charge in [0.2, 0.25) is 0 Å². The number of amides is 1. The monoisotopic (exact) mass is 170 g/mol. The van der Waals surface area contributed by atoms with Crippen molar-refractivity contribution in [3.05, 3.63) is 12.2 Å². The van der Waals surface area contributed by atoms with Crippen LogP contribution in [0.1, 0.15) is 13.8 Å². The average molecular weight is 170 g/mol. The summed E-state index contributed by atoms with van der Waals surface area (Å²) in [4.78, 5) is 14.5. The number of carbonyl (C=O) groups excluding carboxylic acids is 1. The van der Waals surface area contributed by atoms with Crippen molar-refractivity contribution in [1.29, 1.82) is 0 Å². The number of carbonyl (C=O) groups is 1. The van der Waals surface area contributed by atoms with Crippen LogP contribution in [0.15, 0.2) is 17.1 Å². The minimum atomic E-state index is -1.16. The second-order valence-corrected chi connectivity index (χ2v) is 2.86. The maximum absolute atomic E-state index is 10.8. The zero-order valence-electron chi connectivity index (χ0n) is 7.59. The summed E-state index contributed by atoms with van der Waals surface area (Å²) in [5.74, 6) is -0.303. The van der Waals surface area contributed by atoms with Gasteiger partial charge < -0.3 is 10.4 Å². The van der Waals surface area contributed by atoms with E-state index in [1.165, 1.54) is 27.1 Å². The Morgan fingerprint density at radius 3 is 2.50 bits per heavy atom. The number of likely N-dealkylation sites (N-methyl/N-ethyl adjacent to an activating group) is 1. The Kier molecular flexibility index (Phi) is 3.63. The lowest BCUT2D eigenvalue weighted by molar-refractivity contribution is -0.116. The van der Waals surface area contributed by atoms with E-state index in [0.717, 1.165) is 0 Å². The summed E-state index contributed by atoms with van der Waals surface area (Å²) in [6.45, 7) is 6.49. The van der Waals surface area contributed by atoms with E-state index in [4.69, 9.17) is 5.11 Å². The molecule has 0 atom stereocenters. The molecule has 0 aliphatic heterocycles. The molecule has 68 valence electrons. The average Bonchev–Trinajstić information content (AvgIpc) is 1.97. The fourth-order valence-electron chi connectivity index (χ4n) is 0.455. The molecule has 12 heavy (non-hydrogen) atoms. The minimum Gasteiger partial charge on any atom is -0.370 e. The number of aliphatic hydroxyl groups is 1. The van der Waals surface area contributed by atoms with Gasteiger partial charge in [0.05, 0.1) is 5.57 Å². The number of hydrogen-bond donors (Lipinski definition) is 2. The molecule has 0 heterocycles. The van der Waals surface area contributed by atoms with Crippen molar-refractivity contribution < 1.29 is 9.90 Å². The lowest BCUT2D eigenvalue weighted by atomic mass is 10.3. The molecule has 2 N–H and O–H groups in total. The fourth-order valence-corrected chi connectivity index (χ4v) is 0.455. The van der Waals surface area contributed by atoms with Gasteiger partial charge in [-0.25, -0.2) is 0 Å². The molecule has 0 fully saturated rings. The first-order valence-electron chi connectivity index (χ1n) is 3.55. The van der Waals surface area contributed by atoms with Gasteiger partial charge in [-0.3, -0.25) is 9.79 Å². The van der Waals surface area contributed by atoms with Gasteiger partial charge in [-0.05, 0) is 13.8 Å². The van der Waals surface area contributed by atoms with Gasteiger partial charge in [0.25, 0.3) is 5.91 Å². The summed E-state index contributed by atoms with van der Waals surface area (Å²) in [5.41, 5.74) is -0.934. The fraction of sp³-hybridized carbons (Fsp3) is 0.500. The van der Waals surface area contributed by atoms with E-state index in [-0.39, 0.29) is 11.5 Å². The molecule has 0 spiro atoms. The third kappa shape index (κ3) is 4.62. The molecule has 0 bridgehead atoms. The summed E-state index contributed by atoms with van der Waals surface area (Å²) >= 11 is 0. The van der Waals surface area contributed by atoms with Crippen LogP contribution in [0.3, 0.4) is 0 Å². The maximum atomic E-state index is 10.8. The first-order valence-corrected chi connectivity index (χ1v) is 3.55. The molecule has 0 unspecified atom stereocenters. The van der Waals surface area contributed by atoms with E-state index in [1.807, 2.05) is 0 Å². The zero-order chi connectivity index (χ0) is 9.78. The molecule has 0 saturated heterocycles. The van der Waals surface area contributed by atoms with Gasteiger partial charge in [-0.15, -0.1) is 0 Å². The van der Waals surface area contributed by atoms with Gasteiger partial charge in [-0.2, -0.15) is 0 Å². The van der Waals surface area contributed by atoms with Gasteiger partial charge in [0, 0.05) is 13.3 Å². The summed E-state index contributed by atoms with van der Waals surface area (Å²) in [6, 6.07) is 0. The SMILES string of the molecule is C=C(C=NC(C)(C)O)C(=O)NC. The predicted molar refractivity (Wildman–Crippen MR) is 48.0 cm³/mol. The quantitative estimate of drug-likeness (QED) is 0.465. The molecule has 0 rings (SSSR count). The topological polar surface area (TPSA) is 61.7 Å². The summed E-state index contributed by atoms with van der Waals surface area (Å²) in [6.07, 6.45) is 1.25. The Labute approximate surface area is 72.0 Å². The van der Waals surface area contributed by atoms with E-state index < -0.39 is 5.72 Å². The maximum Gasteiger partial charge on any atom is 0.251 e. The van der Waals surface area contributed by atoms with Crippen LogP contribution in [0.25, 0.3) is 0 Å². The van der Waals surface area contributed by atoms with Gasteiger partial charge in [0.15, 0.2) is 0 Å². The summed E-state index contributed by atoms with van der Waals surface area (Å²) in [5, 5.41) is 11.5. The highest BCUT2D eigenvalue weighted by Gasteiger charge is 2.08. The number of nitrogens with zero attached hydrogens (tertiary/aromatic N) is 1. The number of nitrogens with one attached hydrogen (secondary N) is 1. The third-order valence-electron chi connectivity index (χ3n) is 1.06. The third-order valence-corrected chi connectivity index (χ3v) is 1.06. The molecule has 0 aromatic carbocycles. The van der Waals surface area contributed by atoms with Crippen molar-refractivity contribution in [2.75, 3.05) is 7.05 Å². The molecule has 4 heteroatoms. The lowest BCUT2D eigenvalue weighted by Crippen LogP contribution is -2.21. The van der Waals surface area contributed by atoms with Gasteiger partial charge in [-0.1, -0.05) is 6.58 Å². The van der Waals surface area contributed by atoms with Crippen molar-refractivity contribution in [3.8, 4) is 0 Å². The predicted octanol–water partition coefficient (Wildman–Crippen LogP) is 0.0878. The first kappa shape index (κ1) is 10.8. The molecule has 0 aromatic heterocycles. The highest BCUT2D eigenvalue weighted by Crippen LogP contribution is 2.01. The van der Waals surface area contributed by atoms with Gasteiger partial charge in [0.1, 0.15) is 5.72 Å². The van der Waals surface area contributed by atoms with Crippen LogP contribution in [0.5, 0.6) is 0 Å². The number of hydrogen-bond acceptors (Lipinski definition) is 3. The molecule has 1 amide bonds. The Bertz CT molecular complexity index is 214. The van der Waals surface area contributed by atoms with E-state index in [1.54, 1.807) is 0 Å². The molecule has 4 nitrogen and oxygen atoms in total. The van der Waals surface area contributed by atoms with Crippen LogP contribution in [0.4, 0.5) is 0 Å². The highest BCUT2D eigenvalue weighted by molar-refractivity contribution is 6.11. The Balaban J connectivity index is 4.19. The van der Waals surface area contributed by atoms with E-state index in [2.05, 4.69) is 16.9 Å². The van der Waals surface area contributed by atoms with Gasteiger partial charge >= 0.3 is 0 Å². The molecular weight excluding hydrogens is 156 g/mol. The smallest absolute Gasteiger partial charge is 0.251 e. The largest absolute Gasteiger partial charge is 0.370 e. The second-order valence-electron chi connectivity index (χ2n) is 2.86. The van der Waals surface area contributed by atoms with Crippen LogP contribution in [0.2, 0.25) is 0 Å². The molecule has 0 aliphatic carbocycles. The van der Waals surface area contributed by atoms with Crippen LogP contribution in [-0.4, -0.2) is 30.0 Å². The molecule has 0 saturated carbocycles. The molecule has 0 aromatic rings. The minimum absolute atomic E-state index is 0.222. The van der Waals surface area contributed by atoms with E-state index in [9.17, 15) is 4.79 Å². The molecule has 0 radical (unpaired) electrons. The van der Waals surface area contributed by atoms with Crippen LogP contribution >= 0.6 is 0 Å². The van der Waals surface area contributed by atoms with Crippen LogP contribution < -0.4 is 5.32 Å².